The number of nitrogens with one attached hydrogen (secondary N) is 1. The van der Waals surface area contributed by atoms with E-state index >= 15 is 0 Å². The summed E-state index contributed by atoms with van der Waals surface area (Å²) in [5.74, 6) is -0.0917. The lowest BCUT2D eigenvalue weighted by Gasteiger charge is -2.11. The van der Waals surface area contributed by atoms with Gasteiger partial charge in [0.2, 0.25) is 5.75 Å². The third-order valence-corrected chi connectivity index (χ3v) is 2.34. The average Bonchev–Trinajstić information content (AvgIpc) is 2.34. The summed E-state index contributed by atoms with van der Waals surface area (Å²) in [6, 6.07) is 3.59. The second-order valence-electron chi connectivity index (χ2n) is 4.61. The molecule has 1 aromatic rings. The van der Waals surface area contributed by atoms with E-state index in [0.29, 0.717) is 18.3 Å². The number of ether oxygens (including phenoxy) is 1. The molecule has 0 unspecified atom stereocenters. The molecule has 0 aliphatic heterocycles. The second-order valence-corrected chi connectivity index (χ2v) is 4.61. The minimum atomic E-state index is -0.544. The SMILES string of the molecule is C=C(CNC(C)C)COc1ccc(C)nc1[N+](=O)[O-]. The zero-order valence-corrected chi connectivity index (χ0v) is 11.5. The standard InChI is InChI=1S/C13H19N3O3/c1-9(2)14-7-10(3)8-19-12-6-5-11(4)15-13(12)16(17)18/h5-6,9,14H,3,7-8H2,1-2,4H3. The molecule has 0 saturated heterocycles. The van der Waals surface area contributed by atoms with Gasteiger partial charge < -0.3 is 20.2 Å². The quantitative estimate of drug-likeness (QED) is 0.464. The van der Waals surface area contributed by atoms with E-state index in [0.717, 1.165) is 5.57 Å². The lowest BCUT2D eigenvalue weighted by Crippen LogP contribution is -2.26. The van der Waals surface area contributed by atoms with E-state index in [-0.39, 0.29) is 18.2 Å². The summed E-state index contributed by atoms with van der Waals surface area (Å²) < 4.78 is 5.40. The zero-order chi connectivity index (χ0) is 14.4. The van der Waals surface area contributed by atoms with E-state index in [9.17, 15) is 10.1 Å². The first-order valence-corrected chi connectivity index (χ1v) is 6.05. The molecule has 19 heavy (non-hydrogen) atoms. The van der Waals surface area contributed by atoms with Crippen LogP contribution in [0.2, 0.25) is 0 Å². The molecule has 0 saturated carbocycles. The van der Waals surface area contributed by atoms with E-state index in [1.54, 1.807) is 19.1 Å². The minimum absolute atomic E-state index is 0.168. The normalized spacial score (nSPS) is 10.5. The van der Waals surface area contributed by atoms with E-state index in [1.165, 1.54) is 0 Å². The highest BCUT2D eigenvalue weighted by molar-refractivity contribution is 5.40. The molecular weight excluding hydrogens is 246 g/mol. The van der Waals surface area contributed by atoms with Crippen LogP contribution in [-0.4, -0.2) is 29.1 Å². The molecule has 1 N–H and O–H groups in total. The molecule has 6 heteroatoms. The smallest absolute Gasteiger partial charge is 0.406 e. The summed E-state index contributed by atoms with van der Waals surface area (Å²) in [7, 11) is 0. The lowest BCUT2D eigenvalue weighted by atomic mass is 10.3. The third kappa shape index (κ3) is 5.05. The van der Waals surface area contributed by atoms with Crippen LogP contribution in [0.3, 0.4) is 0 Å². The number of hydrogen-bond acceptors (Lipinski definition) is 5. The van der Waals surface area contributed by atoms with Crippen molar-refractivity contribution in [3.05, 3.63) is 40.1 Å². The number of nitrogens with zero attached hydrogens (tertiary/aromatic N) is 2. The van der Waals surface area contributed by atoms with Gasteiger partial charge in [-0.3, -0.25) is 0 Å². The van der Waals surface area contributed by atoms with Gasteiger partial charge in [0.25, 0.3) is 0 Å². The molecular formula is C13H19N3O3. The molecule has 0 aliphatic carbocycles. The van der Waals surface area contributed by atoms with Gasteiger partial charge in [0.05, 0.1) is 0 Å². The van der Waals surface area contributed by atoms with Gasteiger partial charge in [0.15, 0.2) is 0 Å². The van der Waals surface area contributed by atoms with Crippen molar-refractivity contribution in [3.8, 4) is 5.75 Å². The summed E-state index contributed by atoms with van der Waals surface area (Å²) in [6.07, 6.45) is 0. The maximum absolute atomic E-state index is 10.9. The Balaban J connectivity index is 2.62. The largest absolute Gasteiger partial charge is 0.481 e. The number of hydrogen-bond donors (Lipinski definition) is 1. The van der Waals surface area contributed by atoms with Gasteiger partial charge in [-0.25, -0.2) is 0 Å². The van der Waals surface area contributed by atoms with Crippen molar-refractivity contribution in [2.45, 2.75) is 26.8 Å². The van der Waals surface area contributed by atoms with Crippen LogP contribution in [0.25, 0.3) is 0 Å². The number of nitro groups is 1. The van der Waals surface area contributed by atoms with Crippen molar-refractivity contribution in [3.63, 3.8) is 0 Å². The molecule has 0 fully saturated rings. The third-order valence-electron chi connectivity index (χ3n) is 2.34. The van der Waals surface area contributed by atoms with Gasteiger partial charge in [0, 0.05) is 19.5 Å². The molecule has 1 rings (SSSR count). The molecule has 0 radical (unpaired) electrons. The number of aryl methyl sites for hydroxylation is 1. The maximum atomic E-state index is 10.9. The Morgan fingerprint density at radius 2 is 2.26 bits per heavy atom. The number of pyridine rings is 1. The molecule has 0 spiro atoms. The summed E-state index contributed by atoms with van der Waals surface area (Å²) in [5, 5.41) is 14.1. The molecule has 0 amide bonds. The first-order valence-electron chi connectivity index (χ1n) is 6.05. The Hall–Kier alpha value is -1.95. The minimum Gasteiger partial charge on any atom is -0.481 e. The first kappa shape index (κ1) is 15.1. The van der Waals surface area contributed by atoms with Crippen molar-refractivity contribution < 1.29 is 9.66 Å². The maximum Gasteiger partial charge on any atom is 0.406 e. The number of rotatable bonds is 7. The van der Waals surface area contributed by atoms with Crippen molar-refractivity contribution in [1.29, 1.82) is 0 Å². The van der Waals surface area contributed by atoms with Crippen LogP contribution in [0, 0.1) is 17.0 Å². The first-order chi connectivity index (χ1) is 8.90. The fourth-order valence-electron chi connectivity index (χ4n) is 1.35. The van der Waals surface area contributed by atoms with Crippen LogP contribution in [-0.2, 0) is 0 Å². The molecule has 104 valence electrons. The Morgan fingerprint density at radius 3 is 2.84 bits per heavy atom. The van der Waals surface area contributed by atoms with Gasteiger partial charge in [-0.2, -0.15) is 0 Å². The summed E-state index contributed by atoms with van der Waals surface area (Å²) in [6.45, 7) is 10.5. The van der Waals surface area contributed by atoms with Crippen LogP contribution >= 0.6 is 0 Å². The van der Waals surface area contributed by atoms with E-state index in [2.05, 4.69) is 16.9 Å². The van der Waals surface area contributed by atoms with Gasteiger partial charge >= 0.3 is 5.82 Å². The fourth-order valence-corrected chi connectivity index (χ4v) is 1.35. The molecule has 0 aromatic carbocycles. The van der Waals surface area contributed by atoms with Gasteiger partial charge in [-0.1, -0.05) is 20.4 Å². The topological polar surface area (TPSA) is 77.3 Å². The van der Waals surface area contributed by atoms with Crippen LogP contribution in [0.5, 0.6) is 5.75 Å². The van der Waals surface area contributed by atoms with Crippen molar-refractivity contribution in [2.75, 3.05) is 13.2 Å². The predicted octanol–water partition coefficient (Wildman–Crippen LogP) is 2.23. The molecule has 0 aliphatic rings. The van der Waals surface area contributed by atoms with Crippen molar-refractivity contribution >= 4 is 5.82 Å². The Bertz CT molecular complexity index is 472. The molecule has 0 bridgehead atoms. The van der Waals surface area contributed by atoms with Gasteiger partial charge in [-0.05, 0) is 27.6 Å². The Labute approximate surface area is 112 Å². The van der Waals surface area contributed by atoms with Crippen LogP contribution in [0.15, 0.2) is 24.3 Å². The predicted molar refractivity (Wildman–Crippen MR) is 73.4 cm³/mol. The highest BCUT2D eigenvalue weighted by Crippen LogP contribution is 2.24. The van der Waals surface area contributed by atoms with Gasteiger partial charge in [0.1, 0.15) is 12.3 Å². The van der Waals surface area contributed by atoms with Crippen molar-refractivity contribution in [2.24, 2.45) is 0 Å². The Kier molecular flexibility index (Phi) is 5.44. The second kappa shape index (κ2) is 6.84. The molecule has 0 atom stereocenters. The van der Waals surface area contributed by atoms with E-state index in [4.69, 9.17) is 4.74 Å². The van der Waals surface area contributed by atoms with Gasteiger partial charge in [-0.15, -0.1) is 0 Å². The van der Waals surface area contributed by atoms with Crippen LogP contribution < -0.4 is 10.1 Å². The molecule has 1 aromatic heterocycles. The summed E-state index contributed by atoms with van der Waals surface area (Å²) in [4.78, 5) is 14.2. The van der Waals surface area contributed by atoms with Crippen LogP contribution in [0.1, 0.15) is 19.5 Å². The van der Waals surface area contributed by atoms with E-state index in [1.807, 2.05) is 13.8 Å². The highest BCUT2D eigenvalue weighted by atomic mass is 16.6. The monoisotopic (exact) mass is 265 g/mol. The van der Waals surface area contributed by atoms with Crippen molar-refractivity contribution in [1.82, 2.24) is 10.3 Å². The number of aromatic nitrogens is 1. The highest BCUT2D eigenvalue weighted by Gasteiger charge is 2.17. The Morgan fingerprint density at radius 1 is 1.58 bits per heavy atom. The molecule has 6 nitrogen and oxygen atoms in total. The fraction of sp³-hybridized carbons (Fsp3) is 0.462. The van der Waals surface area contributed by atoms with Crippen LogP contribution in [0.4, 0.5) is 5.82 Å². The average molecular weight is 265 g/mol. The van der Waals surface area contributed by atoms with E-state index < -0.39 is 4.92 Å². The summed E-state index contributed by atoms with van der Waals surface area (Å²) >= 11 is 0. The zero-order valence-electron chi connectivity index (χ0n) is 11.5. The summed E-state index contributed by atoms with van der Waals surface area (Å²) in [5.41, 5.74) is 1.41. The lowest BCUT2D eigenvalue weighted by molar-refractivity contribution is -0.390. The molecule has 1 heterocycles.